The van der Waals surface area contributed by atoms with Gasteiger partial charge in [0.2, 0.25) is 0 Å². The Balaban J connectivity index is 2.32. The number of fused-ring (bicyclic) bond motifs is 1. The van der Waals surface area contributed by atoms with Gasteiger partial charge >= 0.3 is 5.97 Å². The summed E-state index contributed by atoms with van der Waals surface area (Å²) in [7, 11) is 1.63. The number of carboxylic acids is 1. The van der Waals surface area contributed by atoms with E-state index in [9.17, 15) is 14.7 Å². The molecule has 0 bridgehead atoms. The van der Waals surface area contributed by atoms with Crippen molar-refractivity contribution < 1.29 is 15.0 Å². The van der Waals surface area contributed by atoms with Crippen LogP contribution in [0.1, 0.15) is 6.42 Å². The predicted molar refractivity (Wildman–Crippen MR) is 58.8 cm³/mol. The van der Waals surface area contributed by atoms with Crippen LogP contribution >= 0.6 is 0 Å². The van der Waals surface area contributed by atoms with Crippen molar-refractivity contribution in [2.24, 2.45) is 7.05 Å². The number of aliphatic hydroxyl groups is 1. The summed E-state index contributed by atoms with van der Waals surface area (Å²) in [5.41, 5.74) is -0.124. The number of rotatable bonds is 4. The van der Waals surface area contributed by atoms with Crippen LogP contribution in [0.25, 0.3) is 11.0 Å². The zero-order chi connectivity index (χ0) is 13.3. The molecule has 0 aliphatic rings. The number of aliphatic hydroxyl groups excluding tert-OH is 1. The zero-order valence-electron chi connectivity index (χ0n) is 9.52. The molecule has 96 valence electrons. The van der Waals surface area contributed by atoms with Gasteiger partial charge in [-0.25, -0.2) is 9.36 Å². The number of aryl methyl sites for hydroxylation is 1. The average Bonchev–Trinajstić information content (AvgIpc) is 2.64. The van der Waals surface area contributed by atoms with Crippen LogP contribution in [0.15, 0.2) is 11.0 Å². The third-order valence-corrected chi connectivity index (χ3v) is 2.41. The van der Waals surface area contributed by atoms with Gasteiger partial charge in [-0.05, 0) is 0 Å². The summed E-state index contributed by atoms with van der Waals surface area (Å²) < 4.78 is 2.33. The topological polar surface area (TPSA) is 123 Å². The van der Waals surface area contributed by atoms with Gasteiger partial charge in [0.25, 0.3) is 5.56 Å². The van der Waals surface area contributed by atoms with Crippen LogP contribution in [0, 0.1) is 0 Å². The van der Waals surface area contributed by atoms with Crippen molar-refractivity contribution in [2.75, 3.05) is 0 Å². The van der Waals surface area contributed by atoms with E-state index < -0.39 is 24.1 Å². The molecule has 1 atom stereocenters. The molecular weight excluding hydrogens is 242 g/mol. The molecule has 0 saturated carbocycles. The normalized spacial score (nSPS) is 12.8. The van der Waals surface area contributed by atoms with Crippen LogP contribution in [0.4, 0.5) is 0 Å². The van der Waals surface area contributed by atoms with E-state index in [1.54, 1.807) is 7.05 Å². The van der Waals surface area contributed by atoms with Crippen molar-refractivity contribution in [1.29, 1.82) is 0 Å². The molecule has 9 heteroatoms. The fourth-order valence-corrected chi connectivity index (χ4v) is 1.56. The minimum absolute atomic E-state index is 0.219. The van der Waals surface area contributed by atoms with Gasteiger partial charge < -0.3 is 10.2 Å². The van der Waals surface area contributed by atoms with Crippen molar-refractivity contribution in [1.82, 2.24) is 24.8 Å². The van der Waals surface area contributed by atoms with Gasteiger partial charge in [0.05, 0.1) is 25.3 Å². The van der Waals surface area contributed by atoms with Crippen LogP contribution in [0.5, 0.6) is 0 Å². The van der Waals surface area contributed by atoms with Crippen LogP contribution in [0.3, 0.4) is 0 Å². The lowest BCUT2D eigenvalue weighted by molar-refractivity contribution is -0.139. The Morgan fingerprint density at radius 2 is 2.28 bits per heavy atom. The molecule has 2 aromatic heterocycles. The van der Waals surface area contributed by atoms with Crippen molar-refractivity contribution >= 4 is 17.0 Å². The molecule has 0 amide bonds. The van der Waals surface area contributed by atoms with E-state index in [0.29, 0.717) is 5.65 Å². The smallest absolute Gasteiger partial charge is 0.306 e. The minimum Gasteiger partial charge on any atom is -0.481 e. The second-order valence-corrected chi connectivity index (χ2v) is 3.83. The molecule has 0 aliphatic carbocycles. The molecule has 0 spiro atoms. The molecule has 2 aromatic rings. The summed E-state index contributed by atoms with van der Waals surface area (Å²) in [6.07, 6.45) is -0.297. The molecule has 0 saturated heterocycles. The predicted octanol–water partition coefficient (Wildman–Crippen LogP) is -1.64. The number of carbonyl (C=O) groups is 1. The highest BCUT2D eigenvalue weighted by Gasteiger charge is 2.14. The Morgan fingerprint density at radius 3 is 2.94 bits per heavy atom. The summed E-state index contributed by atoms with van der Waals surface area (Å²) in [6.45, 7) is -0.219. The molecule has 2 N–H and O–H groups in total. The Kier molecular flexibility index (Phi) is 3.06. The van der Waals surface area contributed by atoms with E-state index in [4.69, 9.17) is 5.11 Å². The molecular formula is C9H11N5O4. The van der Waals surface area contributed by atoms with Crippen LogP contribution in [-0.2, 0) is 18.4 Å². The SMILES string of the molecule is Cn1ncc2c(=O)n(CC(O)CC(=O)O)nnc21. The highest BCUT2D eigenvalue weighted by Crippen LogP contribution is 2.02. The number of hydrogen-bond donors (Lipinski definition) is 2. The van der Waals surface area contributed by atoms with Gasteiger partial charge in [-0.2, -0.15) is 5.10 Å². The number of carboxylic acid groups (broad SMARTS) is 1. The number of aromatic nitrogens is 5. The largest absolute Gasteiger partial charge is 0.481 e. The molecule has 0 aromatic carbocycles. The molecule has 9 nitrogen and oxygen atoms in total. The van der Waals surface area contributed by atoms with Gasteiger partial charge in [0.1, 0.15) is 5.39 Å². The summed E-state index contributed by atoms with van der Waals surface area (Å²) in [5.74, 6) is -1.15. The lowest BCUT2D eigenvalue weighted by Gasteiger charge is -2.08. The third-order valence-electron chi connectivity index (χ3n) is 2.41. The number of nitrogens with zero attached hydrogens (tertiary/aromatic N) is 5. The summed E-state index contributed by atoms with van der Waals surface area (Å²) in [6, 6.07) is 0. The van der Waals surface area contributed by atoms with Crippen LogP contribution in [-0.4, -0.2) is 47.1 Å². The first-order valence-electron chi connectivity index (χ1n) is 5.14. The Morgan fingerprint density at radius 1 is 1.56 bits per heavy atom. The third kappa shape index (κ3) is 2.20. The molecule has 0 radical (unpaired) electrons. The minimum atomic E-state index is -1.19. The van der Waals surface area contributed by atoms with Crippen molar-refractivity contribution in [3.8, 4) is 0 Å². The second-order valence-electron chi connectivity index (χ2n) is 3.83. The van der Waals surface area contributed by atoms with E-state index in [-0.39, 0.29) is 11.9 Å². The first-order valence-corrected chi connectivity index (χ1v) is 5.14. The quantitative estimate of drug-likeness (QED) is 0.669. The molecule has 0 aliphatic heterocycles. The maximum atomic E-state index is 11.9. The molecule has 2 heterocycles. The van der Waals surface area contributed by atoms with Crippen LogP contribution in [0.2, 0.25) is 0 Å². The molecule has 1 unspecified atom stereocenters. The van der Waals surface area contributed by atoms with E-state index in [0.717, 1.165) is 4.68 Å². The lowest BCUT2D eigenvalue weighted by atomic mass is 10.2. The molecule has 0 fully saturated rings. The van der Waals surface area contributed by atoms with E-state index in [2.05, 4.69) is 15.4 Å². The summed E-state index contributed by atoms with van der Waals surface area (Å²) in [4.78, 5) is 22.3. The maximum Gasteiger partial charge on any atom is 0.306 e. The van der Waals surface area contributed by atoms with E-state index in [1.807, 2.05) is 0 Å². The van der Waals surface area contributed by atoms with Gasteiger partial charge in [-0.1, -0.05) is 5.21 Å². The highest BCUT2D eigenvalue weighted by molar-refractivity contribution is 5.72. The van der Waals surface area contributed by atoms with Crippen molar-refractivity contribution in [2.45, 2.75) is 19.1 Å². The average molecular weight is 253 g/mol. The van der Waals surface area contributed by atoms with Gasteiger partial charge in [0.15, 0.2) is 5.65 Å². The van der Waals surface area contributed by atoms with Gasteiger partial charge in [-0.3, -0.25) is 9.59 Å². The van der Waals surface area contributed by atoms with Crippen LogP contribution < -0.4 is 5.56 Å². The maximum absolute atomic E-state index is 11.9. The number of hydrogen-bond acceptors (Lipinski definition) is 6. The standard InChI is InChI=1S/C9H11N5O4/c1-13-8-6(3-10-13)9(18)14(12-11-8)4-5(15)2-7(16)17/h3,5,15H,2,4H2,1H3,(H,16,17). The van der Waals surface area contributed by atoms with Crippen molar-refractivity contribution in [3.63, 3.8) is 0 Å². The van der Waals surface area contributed by atoms with E-state index in [1.165, 1.54) is 10.9 Å². The first-order chi connectivity index (χ1) is 8.49. The second kappa shape index (κ2) is 4.53. The lowest BCUT2D eigenvalue weighted by Crippen LogP contribution is -2.30. The van der Waals surface area contributed by atoms with E-state index >= 15 is 0 Å². The monoisotopic (exact) mass is 253 g/mol. The highest BCUT2D eigenvalue weighted by atomic mass is 16.4. The zero-order valence-corrected chi connectivity index (χ0v) is 9.52. The van der Waals surface area contributed by atoms with Crippen molar-refractivity contribution in [3.05, 3.63) is 16.6 Å². The first kappa shape index (κ1) is 12.2. The Labute approximate surface area is 100 Å². The Bertz CT molecular complexity index is 646. The number of aliphatic carboxylic acids is 1. The van der Waals surface area contributed by atoms with Gasteiger partial charge in [-0.15, -0.1) is 5.10 Å². The fraction of sp³-hybridized carbons (Fsp3) is 0.444. The fourth-order valence-electron chi connectivity index (χ4n) is 1.56. The molecule has 2 rings (SSSR count). The molecule has 18 heavy (non-hydrogen) atoms. The summed E-state index contributed by atoms with van der Waals surface area (Å²) >= 11 is 0. The van der Waals surface area contributed by atoms with Gasteiger partial charge in [0, 0.05) is 7.05 Å². The summed E-state index contributed by atoms with van der Waals surface area (Å²) in [5, 5.41) is 29.5. The Hall–Kier alpha value is -2.29.